The number of hydrogen-bond donors (Lipinski definition) is 0. The lowest BCUT2D eigenvalue weighted by molar-refractivity contribution is -0.137. The van der Waals surface area contributed by atoms with Crippen molar-refractivity contribution in [1.29, 1.82) is 5.26 Å². The third-order valence-electron chi connectivity index (χ3n) is 3.47. The summed E-state index contributed by atoms with van der Waals surface area (Å²) in [7, 11) is 1.52. The van der Waals surface area contributed by atoms with Crippen molar-refractivity contribution in [2.24, 2.45) is 0 Å². The minimum atomic E-state index is -0.653. The van der Waals surface area contributed by atoms with Crippen LogP contribution in [0.3, 0.4) is 0 Å². The van der Waals surface area contributed by atoms with E-state index in [1.165, 1.54) is 13.2 Å². The maximum atomic E-state index is 11.7. The summed E-state index contributed by atoms with van der Waals surface area (Å²) in [6.07, 6.45) is 3.95. The number of nitriles is 1. The molecule has 132 valence electrons. The van der Waals surface area contributed by atoms with Crippen molar-refractivity contribution < 1.29 is 19.0 Å². The van der Waals surface area contributed by atoms with Crippen LogP contribution in [-0.4, -0.2) is 19.7 Å². The van der Waals surface area contributed by atoms with Crippen molar-refractivity contribution in [2.45, 2.75) is 27.2 Å². The van der Waals surface area contributed by atoms with Gasteiger partial charge in [0.2, 0.25) is 0 Å². The molecule has 0 N–H and O–H groups in total. The van der Waals surface area contributed by atoms with Gasteiger partial charge in [-0.3, -0.25) is 0 Å². The van der Waals surface area contributed by atoms with Crippen LogP contribution in [-0.2, 0) is 9.53 Å². The van der Waals surface area contributed by atoms with E-state index in [0.29, 0.717) is 22.8 Å². The molecule has 0 aliphatic rings. The number of rotatable bonds is 8. The second-order valence-corrected chi connectivity index (χ2v) is 5.10. The standard InChI is InChI=1S/C20H23NO4/c1-6-14(4)17(7-2)25-18-10-9-15(12-19(18)23-5)11-16(13-21)20(22)24-8-3/h7,9-12H,2,6,8H2,1,3-5H3/b16-11+,17-14-. The molecule has 0 spiro atoms. The van der Waals surface area contributed by atoms with Gasteiger partial charge in [-0.25, -0.2) is 4.79 Å². The molecular weight excluding hydrogens is 318 g/mol. The average molecular weight is 341 g/mol. The van der Waals surface area contributed by atoms with Crippen LogP contribution in [0.4, 0.5) is 0 Å². The summed E-state index contributed by atoms with van der Waals surface area (Å²) in [6.45, 7) is 9.67. The first-order valence-electron chi connectivity index (χ1n) is 7.97. The van der Waals surface area contributed by atoms with Gasteiger partial charge in [-0.05, 0) is 55.7 Å². The molecule has 0 fully saturated rings. The van der Waals surface area contributed by atoms with Gasteiger partial charge >= 0.3 is 5.97 Å². The molecule has 0 saturated carbocycles. The molecule has 0 amide bonds. The highest BCUT2D eigenvalue weighted by Gasteiger charge is 2.12. The van der Waals surface area contributed by atoms with Gasteiger partial charge in [0, 0.05) is 0 Å². The molecule has 5 nitrogen and oxygen atoms in total. The summed E-state index contributed by atoms with van der Waals surface area (Å²) in [5.74, 6) is 1.03. The first kappa shape index (κ1) is 20.0. The molecule has 0 aliphatic carbocycles. The number of ether oxygens (including phenoxy) is 3. The maximum Gasteiger partial charge on any atom is 0.348 e. The Hall–Kier alpha value is -3.00. The minimum Gasteiger partial charge on any atom is -0.493 e. The number of carbonyl (C=O) groups excluding carboxylic acids is 1. The summed E-state index contributed by atoms with van der Waals surface area (Å²) < 4.78 is 16.1. The molecule has 0 aliphatic heterocycles. The number of nitrogens with zero attached hydrogens (tertiary/aromatic N) is 1. The highest BCUT2D eigenvalue weighted by Crippen LogP contribution is 2.31. The van der Waals surface area contributed by atoms with Crippen molar-refractivity contribution in [3.05, 3.63) is 53.3 Å². The first-order valence-corrected chi connectivity index (χ1v) is 7.97. The Morgan fingerprint density at radius 1 is 1.32 bits per heavy atom. The molecular formula is C20H23NO4. The summed E-state index contributed by atoms with van der Waals surface area (Å²) in [5.41, 5.74) is 1.62. The zero-order valence-electron chi connectivity index (χ0n) is 15.1. The summed E-state index contributed by atoms with van der Waals surface area (Å²) in [5, 5.41) is 9.11. The lowest BCUT2D eigenvalue weighted by Crippen LogP contribution is -2.06. The average Bonchev–Trinajstić information content (AvgIpc) is 2.64. The quantitative estimate of drug-likeness (QED) is 0.230. The van der Waals surface area contributed by atoms with Crippen LogP contribution in [0.2, 0.25) is 0 Å². The zero-order valence-corrected chi connectivity index (χ0v) is 15.1. The van der Waals surface area contributed by atoms with E-state index in [9.17, 15) is 4.79 Å². The fourth-order valence-corrected chi connectivity index (χ4v) is 1.97. The van der Waals surface area contributed by atoms with Gasteiger partial charge in [-0.1, -0.05) is 19.6 Å². The van der Waals surface area contributed by atoms with Crippen LogP contribution < -0.4 is 9.47 Å². The van der Waals surface area contributed by atoms with E-state index in [-0.39, 0.29) is 12.2 Å². The zero-order chi connectivity index (χ0) is 18.8. The molecule has 0 aromatic heterocycles. The highest BCUT2D eigenvalue weighted by atomic mass is 16.5. The van der Waals surface area contributed by atoms with Crippen LogP contribution >= 0.6 is 0 Å². The fraction of sp³-hybridized carbons (Fsp3) is 0.300. The molecule has 25 heavy (non-hydrogen) atoms. The number of methoxy groups -OCH3 is 1. The van der Waals surface area contributed by atoms with Crippen LogP contribution in [0.1, 0.15) is 32.8 Å². The van der Waals surface area contributed by atoms with Crippen LogP contribution in [0, 0.1) is 11.3 Å². The number of carbonyl (C=O) groups is 1. The van der Waals surface area contributed by atoms with Crippen molar-refractivity contribution in [3.63, 3.8) is 0 Å². The van der Waals surface area contributed by atoms with Gasteiger partial charge in [0.1, 0.15) is 17.4 Å². The van der Waals surface area contributed by atoms with Gasteiger partial charge in [-0.2, -0.15) is 5.26 Å². The SMILES string of the molecule is C=C/C(Oc1ccc(/C=C(\C#N)C(=O)OCC)cc1OC)=C(\C)CC. The second kappa shape index (κ2) is 9.99. The van der Waals surface area contributed by atoms with Crippen molar-refractivity contribution in [1.82, 2.24) is 0 Å². The Labute approximate surface area is 148 Å². The molecule has 0 bridgehead atoms. The number of esters is 1. The summed E-state index contributed by atoms with van der Waals surface area (Å²) in [6, 6.07) is 6.99. The Kier molecular flexibility index (Phi) is 8.01. The molecule has 0 saturated heterocycles. The minimum absolute atomic E-state index is 0.0777. The Bertz CT molecular complexity index is 739. The molecule has 0 atom stereocenters. The predicted octanol–water partition coefficient (Wildman–Crippen LogP) is 4.41. The van der Waals surface area contributed by atoms with Gasteiger partial charge in [0.05, 0.1) is 13.7 Å². The van der Waals surface area contributed by atoms with Crippen LogP contribution in [0.15, 0.2) is 47.8 Å². The number of hydrogen-bond acceptors (Lipinski definition) is 5. The largest absolute Gasteiger partial charge is 0.493 e. The Morgan fingerprint density at radius 3 is 2.56 bits per heavy atom. The molecule has 0 radical (unpaired) electrons. The molecule has 1 rings (SSSR count). The number of benzene rings is 1. The Balaban J connectivity index is 3.20. The van der Waals surface area contributed by atoms with Crippen molar-refractivity contribution in [3.8, 4) is 17.6 Å². The van der Waals surface area contributed by atoms with E-state index in [2.05, 4.69) is 6.58 Å². The monoisotopic (exact) mass is 341 g/mol. The molecule has 5 heteroatoms. The Morgan fingerprint density at radius 2 is 2.04 bits per heavy atom. The van der Waals surface area contributed by atoms with Gasteiger partial charge in [-0.15, -0.1) is 0 Å². The van der Waals surface area contributed by atoms with Crippen molar-refractivity contribution >= 4 is 12.0 Å². The van der Waals surface area contributed by atoms with Gasteiger partial charge in [0.25, 0.3) is 0 Å². The van der Waals surface area contributed by atoms with Gasteiger partial charge in [0.15, 0.2) is 11.5 Å². The number of allylic oxidation sites excluding steroid dienone is 2. The lowest BCUT2D eigenvalue weighted by atomic mass is 10.1. The topological polar surface area (TPSA) is 68.5 Å². The summed E-state index contributed by atoms with van der Waals surface area (Å²) in [4.78, 5) is 11.7. The molecule has 0 unspecified atom stereocenters. The smallest absolute Gasteiger partial charge is 0.348 e. The molecule has 1 aromatic carbocycles. The summed E-state index contributed by atoms with van der Waals surface area (Å²) >= 11 is 0. The second-order valence-electron chi connectivity index (χ2n) is 5.10. The van der Waals surface area contributed by atoms with E-state index in [4.69, 9.17) is 19.5 Å². The van der Waals surface area contributed by atoms with E-state index >= 15 is 0 Å². The van der Waals surface area contributed by atoms with E-state index < -0.39 is 5.97 Å². The lowest BCUT2D eigenvalue weighted by Gasteiger charge is -2.13. The van der Waals surface area contributed by atoms with E-state index in [1.54, 1.807) is 31.2 Å². The molecule has 1 aromatic rings. The van der Waals surface area contributed by atoms with E-state index in [1.807, 2.05) is 19.9 Å². The fourth-order valence-electron chi connectivity index (χ4n) is 1.97. The molecule has 0 heterocycles. The first-order chi connectivity index (χ1) is 12.0. The predicted molar refractivity (Wildman–Crippen MR) is 97.0 cm³/mol. The van der Waals surface area contributed by atoms with Crippen LogP contribution in [0.25, 0.3) is 6.08 Å². The van der Waals surface area contributed by atoms with Crippen molar-refractivity contribution in [2.75, 3.05) is 13.7 Å². The highest BCUT2D eigenvalue weighted by molar-refractivity contribution is 5.97. The normalized spacial score (nSPS) is 11.9. The van der Waals surface area contributed by atoms with E-state index in [0.717, 1.165) is 12.0 Å². The third kappa shape index (κ3) is 5.54. The maximum absolute atomic E-state index is 11.7. The van der Waals surface area contributed by atoms with Gasteiger partial charge < -0.3 is 14.2 Å². The third-order valence-corrected chi connectivity index (χ3v) is 3.47. The van der Waals surface area contributed by atoms with Crippen LogP contribution in [0.5, 0.6) is 11.5 Å².